The molecule has 11 nitrogen and oxygen atoms in total. The van der Waals surface area contributed by atoms with Crippen molar-refractivity contribution in [1.29, 1.82) is 0 Å². The molecule has 3 amide bonds. The minimum atomic E-state index is -0.941. The zero-order valence-corrected chi connectivity index (χ0v) is 23.8. The van der Waals surface area contributed by atoms with E-state index in [9.17, 15) is 14.4 Å². The van der Waals surface area contributed by atoms with Crippen molar-refractivity contribution in [3.63, 3.8) is 0 Å². The van der Waals surface area contributed by atoms with Crippen molar-refractivity contribution in [2.24, 2.45) is 7.05 Å². The van der Waals surface area contributed by atoms with Crippen molar-refractivity contribution in [3.8, 4) is 5.69 Å². The number of aryl methyl sites for hydroxylation is 1. The summed E-state index contributed by atoms with van der Waals surface area (Å²) in [6, 6.07) is 18.7. The molecular formula is C29H24Cl2N8O3. The fourth-order valence-electron chi connectivity index (χ4n) is 5.04. The smallest absolute Gasteiger partial charge is 0.247 e. The number of fused-ring (bicyclic) bond motifs is 1. The lowest BCUT2D eigenvalue weighted by atomic mass is 10.0. The third-order valence-corrected chi connectivity index (χ3v) is 7.41. The van der Waals surface area contributed by atoms with Gasteiger partial charge in [0.15, 0.2) is 5.15 Å². The van der Waals surface area contributed by atoms with Crippen LogP contribution in [0.4, 0.5) is 11.4 Å². The van der Waals surface area contributed by atoms with Gasteiger partial charge < -0.3 is 10.2 Å². The van der Waals surface area contributed by atoms with Crippen LogP contribution in [0.5, 0.6) is 0 Å². The minimum Gasteiger partial charge on any atom is -0.324 e. The zero-order chi connectivity index (χ0) is 29.4. The first-order chi connectivity index (χ1) is 20.2. The van der Waals surface area contributed by atoms with Crippen LogP contribution in [0.1, 0.15) is 5.56 Å². The number of nitrogens with one attached hydrogen (secondary N) is 1. The van der Waals surface area contributed by atoms with Gasteiger partial charge in [-0.2, -0.15) is 5.10 Å². The van der Waals surface area contributed by atoms with E-state index < -0.39 is 17.9 Å². The number of carbonyl (C=O) groups excluding carboxylic acids is 3. The first kappa shape index (κ1) is 27.4. The molecule has 0 spiro atoms. The molecule has 42 heavy (non-hydrogen) atoms. The maximum atomic E-state index is 13.7. The lowest BCUT2D eigenvalue weighted by molar-refractivity contribution is -0.143. The van der Waals surface area contributed by atoms with E-state index in [1.807, 2.05) is 55.7 Å². The number of hydrogen-bond donors (Lipinski definition) is 1. The van der Waals surface area contributed by atoms with Gasteiger partial charge in [-0.05, 0) is 42.0 Å². The van der Waals surface area contributed by atoms with Crippen LogP contribution in [0.25, 0.3) is 16.6 Å². The number of piperazine rings is 1. The minimum absolute atomic E-state index is 0.167. The Morgan fingerprint density at radius 3 is 2.52 bits per heavy atom. The number of halogens is 2. The molecule has 0 aliphatic carbocycles. The van der Waals surface area contributed by atoms with Gasteiger partial charge in [-0.15, -0.1) is 5.10 Å². The highest BCUT2D eigenvalue weighted by molar-refractivity contribution is 6.31. The molecular weight excluding hydrogens is 579 g/mol. The molecule has 1 aliphatic rings. The fraction of sp³-hybridized carbons (Fsp3) is 0.172. The van der Waals surface area contributed by atoms with E-state index in [0.717, 1.165) is 16.5 Å². The van der Waals surface area contributed by atoms with Gasteiger partial charge in [0.05, 0.1) is 23.1 Å². The average Bonchev–Trinajstić information content (AvgIpc) is 3.57. The van der Waals surface area contributed by atoms with Crippen molar-refractivity contribution >= 4 is 63.2 Å². The Morgan fingerprint density at radius 1 is 0.952 bits per heavy atom. The lowest BCUT2D eigenvalue weighted by Gasteiger charge is -2.38. The van der Waals surface area contributed by atoms with E-state index >= 15 is 0 Å². The van der Waals surface area contributed by atoms with Crippen LogP contribution in [0.3, 0.4) is 0 Å². The zero-order valence-electron chi connectivity index (χ0n) is 22.3. The quantitative estimate of drug-likeness (QED) is 0.302. The Hall–Kier alpha value is -4.74. The fourth-order valence-corrected chi connectivity index (χ4v) is 5.33. The van der Waals surface area contributed by atoms with Gasteiger partial charge >= 0.3 is 0 Å². The summed E-state index contributed by atoms with van der Waals surface area (Å²) in [4.78, 5) is 43.7. The molecule has 2 aromatic heterocycles. The van der Waals surface area contributed by atoms with Gasteiger partial charge in [-0.1, -0.05) is 58.7 Å². The molecule has 1 N–H and O–H groups in total. The van der Waals surface area contributed by atoms with Crippen LogP contribution in [-0.2, 0) is 27.9 Å². The third kappa shape index (κ3) is 5.56. The lowest BCUT2D eigenvalue weighted by Crippen LogP contribution is -2.60. The van der Waals surface area contributed by atoms with Crippen molar-refractivity contribution in [3.05, 3.63) is 94.9 Å². The number of rotatable bonds is 7. The Balaban J connectivity index is 1.29. The Bertz CT molecular complexity index is 1820. The number of anilines is 2. The summed E-state index contributed by atoms with van der Waals surface area (Å²) in [5.41, 5.74) is 3.05. The molecule has 1 fully saturated rings. The summed E-state index contributed by atoms with van der Waals surface area (Å²) >= 11 is 12.2. The molecule has 6 rings (SSSR count). The van der Waals surface area contributed by atoms with Crippen molar-refractivity contribution in [2.75, 3.05) is 23.3 Å². The summed E-state index contributed by atoms with van der Waals surface area (Å²) in [6.07, 6.45) is 3.56. The van der Waals surface area contributed by atoms with Crippen LogP contribution in [0.2, 0.25) is 10.2 Å². The molecule has 0 bridgehead atoms. The van der Waals surface area contributed by atoms with Gasteiger partial charge in [0.2, 0.25) is 17.7 Å². The SMILES string of the molecule is Cn1cc2cc(NC(=O)C(Cc3ccccc3)N3CC(=O)N(c4cc(Cl)ccc4-n4cc(Cl)nn4)CC3=O)ccc2n1. The molecule has 5 aromatic rings. The molecule has 3 aromatic carbocycles. The second-order valence-corrected chi connectivity index (χ2v) is 10.7. The monoisotopic (exact) mass is 602 g/mol. The summed E-state index contributed by atoms with van der Waals surface area (Å²) in [7, 11) is 1.82. The van der Waals surface area contributed by atoms with Gasteiger partial charge in [-0.3, -0.25) is 24.0 Å². The number of hydrogen-bond acceptors (Lipinski definition) is 6. The predicted octanol–water partition coefficient (Wildman–Crippen LogP) is 3.89. The summed E-state index contributed by atoms with van der Waals surface area (Å²) in [5.74, 6) is -1.18. The van der Waals surface area contributed by atoms with Gasteiger partial charge in [0.25, 0.3) is 0 Å². The molecule has 13 heteroatoms. The first-order valence-corrected chi connectivity index (χ1v) is 13.8. The Morgan fingerprint density at radius 2 is 1.76 bits per heavy atom. The highest BCUT2D eigenvalue weighted by atomic mass is 35.5. The predicted molar refractivity (Wildman–Crippen MR) is 159 cm³/mol. The van der Waals surface area contributed by atoms with Crippen molar-refractivity contribution in [1.82, 2.24) is 29.7 Å². The maximum Gasteiger partial charge on any atom is 0.247 e. The van der Waals surface area contributed by atoms with Gasteiger partial charge in [0, 0.05) is 35.8 Å². The maximum absolute atomic E-state index is 13.7. The van der Waals surface area contributed by atoms with Gasteiger partial charge in [0.1, 0.15) is 19.1 Å². The molecule has 1 unspecified atom stereocenters. The topological polar surface area (TPSA) is 118 Å². The van der Waals surface area contributed by atoms with E-state index in [1.54, 1.807) is 28.9 Å². The van der Waals surface area contributed by atoms with Crippen molar-refractivity contribution < 1.29 is 14.4 Å². The molecule has 1 aliphatic heterocycles. The van der Waals surface area contributed by atoms with Crippen LogP contribution in [0.15, 0.2) is 79.1 Å². The number of benzene rings is 3. The highest BCUT2D eigenvalue weighted by Gasteiger charge is 2.39. The van der Waals surface area contributed by atoms with Crippen LogP contribution >= 0.6 is 23.2 Å². The van der Waals surface area contributed by atoms with Gasteiger partial charge in [-0.25, -0.2) is 4.68 Å². The van der Waals surface area contributed by atoms with Crippen molar-refractivity contribution in [2.45, 2.75) is 12.5 Å². The number of amides is 3. The first-order valence-electron chi connectivity index (χ1n) is 13.0. The number of aromatic nitrogens is 5. The third-order valence-electron chi connectivity index (χ3n) is 7.00. The van der Waals surface area contributed by atoms with Crippen LogP contribution in [-0.4, -0.2) is 66.5 Å². The molecule has 0 radical (unpaired) electrons. The van der Waals surface area contributed by atoms with Crippen LogP contribution < -0.4 is 10.2 Å². The highest BCUT2D eigenvalue weighted by Crippen LogP contribution is 2.30. The second-order valence-electron chi connectivity index (χ2n) is 9.89. The van der Waals surface area contributed by atoms with E-state index in [0.29, 0.717) is 22.1 Å². The van der Waals surface area contributed by atoms with E-state index in [1.165, 1.54) is 20.7 Å². The number of nitrogens with zero attached hydrogens (tertiary/aromatic N) is 7. The molecule has 3 heterocycles. The summed E-state index contributed by atoms with van der Waals surface area (Å²) in [5, 5.41) is 16.5. The molecule has 1 atom stereocenters. The van der Waals surface area contributed by atoms with Crippen LogP contribution in [0, 0.1) is 0 Å². The van der Waals surface area contributed by atoms with E-state index in [2.05, 4.69) is 20.7 Å². The Kier molecular flexibility index (Phi) is 7.36. The summed E-state index contributed by atoms with van der Waals surface area (Å²) < 4.78 is 3.10. The van der Waals surface area contributed by atoms with E-state index in [4.69, 9.17) is 23.2 Å². The standard InChI is InChI=1S/C29H24Cl2N8O3/c1-36-14-19-12-21(8-9-22(19)34-36)32-29(42)25(11-18-5-3-2-4-6-18)38-17-27(40)37(16-28(38)41)24-13-20(30)7-10-23(24)39-15-26(31)33-35-39/h2-10,12-15,25H,11,16-17H2,1H3,(H,32,42). The number of carbonyl (C=O) groups is 3. The normalized spacial score (nSPS) is 14.5. The average molecular weight is 603 g/mol. The summed E-state index contributed by atoms with van der Waals surface area (Å²) in [6.45, 7) is -0.607. The van der Waals surface area contributed by atoms with E-state index in [-0.39, 0.29) is 30.6 Å². The second kappa shape index (κ2) is 11.3. The molecule has 212 valence electrons. The Labute approximate surface area is 250 Å². The largest absolute Gasteiger partial charge is 0.324 e. The molecule has 1 saturated heterocycles. The molecule has 0 saturated carbocycles.